The number of carbonyl (C=O) groups is 1. The van der Waals surface area contributed by atoms with Crippen LogP contribution in [0.15, 0.2) is 36.4 Å². The minimum atomic E-state index is -0.480. The molecular formula is C27H45NO2. The van der Waals surface area contributed by atoms with Gasteiger partial charge >= 0.3 is 0 Å². The summed E-state index contributed by atoms with van der Waals surface area (Å²) in [6, 6.07) is 9.52. The Labute approximate surface area is 185 Å². The molecule has 2 atom stereocenters. The lowest BCUT2D eigenvalue weighted by molar-refractivity contribution is -0.117. The number of unbranched alkanes of at least 4 members (excludes halogenated alkanes) is 12. The first-order valence-electron chi connectivity index (χ1n) is 12.3. The molecule has 30 heavy (non-hydrogen) atoms. The molecule has 0 spiro atoms. The summed E-state index contributed by atoms with van der Waals surface area (Å²) < 4.78 is 0. The van der Waals surface area contributed by atoms with E-state index in [4.69, 9.17) is 0 Å². The molecule has 1 rings (SSSR count). The van der Waals surface area contributed by atoms with Gasteiger partial charge in [0, 0.05) is 6.08 Å². The van der Waals surface area contributed by atoms with Crippen molar-refractivity contribution in [2.45, 2.75) is 116 Å². The minimum absolute atomic E-state index is 0.157. The summed E-state index contributed by atoms with van der Waals surface area (Å²) in [5.41, 5.74) is 0.993. The van der Waals surface area contributed by atoms with E-state index in [2.05, 4.69) is 12.2 Å². The van der Waals surface area contributed by atoms with Crippen LogP contribution >= 0.6 is 0 Å². The second-order valence-electron chi connectivity index (χ2n) is 8.64. The normalized spacial score (nSPS) is 13.4. The summed E-state index contributed by atoms with van der Waals surface area (Å²) in [6.07, 6.45) is 20.8. The van der Waals surface area contributed by atoms with Crippen molar-refractivity contribution in [1.29, 1.82) is 0 Å². The fourth-order valence-electron chi connectivity index (χ4n) is 3.73. The first-order chi connectivity index (χ1) is 14.6. The van der Waals surface area contributed by atoms with Gasteiger partial charge in [-0.2, -0.15) is 0 Å². The molecule has 1 aromatic rings. The topological polar surface area (TPSA) is 49.3 Å². The number of hydrogen-bond donors (Lipinski definition) is 2. The Kier molecular flexibility index (Phi) is 16.0. The fraction of sp³-hybridized carbons (Fsp3) is 0.667. The van der Waals surface area contributed by atoms with Crippen LogP contribution in [0, 0.1) is 0 Å². The van der Waals surface area contributed by atoms with Crippen molar-refractivity contribution in [3.8, 4) is 0 Å². The first-order valence-corrected chi connectivity index (χ1v) is 12.3. The van der Waals surface area contributed by atoms with Crippen LogP contribution in [-0.4, -0.2) is 23.2 Å². The molecule has 1 amide bonds. The highest BCUT2D eigenvalue weighted by atomic mass is 16.3. The Morgan fingerprint density at radius 3 is 1.90 bits per heavy atom. The molecule has 0 bridgehead atoms. The van der Waals surface area contributed by atoms with Crippen LogP contribution in [0.4, 0.5) is 0 Å². The van der Waals surface area contributed by atoms with E-state index < -0.39 is 6.10 Å². The third-order valence-electron chi connectivity index (χ3n) is 5.78. The van der Waals surface area contributed by atoms with E-state index in [1.54, 1.807) is 6.08 Å². The van der Waals surface area contributed by atoms with E-state index in [-0.39, 0.29) is 11.9 Å². The number of hydrogen-bond acceptors (Lipinski definition) is 2. The number of aliphatic hydroxyl groups is 1. The summed E-state index contributed by atoms with van der Waals surface area (Å²) in [4.78, 5) is 12.0. The molecule has 2 N–H and O–H groups in total. The van der Waals surface area contributed by atoms with Crippen LogP contribution < -0.4 is 5.32 Å². The van der Waals surface area contributed by atoms with Crippen LogP contribution in [-0.2, 0) is 4.79 Å². The molecule has 1 aromatic carbocycles. The maximum absolute atomic E-state index is 12.0. The molecule has 0 saturated heterocycles. The van der Waals surface area contributed by atoms with Gasteiger partial charge in [-0.1, -0.05) is 121 Å². The molecule has 0 heterocycles. The van der Waals surface area contributed by atoms with Crippen LogP contribution in [0.1, 0.15) is 109 Å². The van der Waals surface area contributed by atoms with Crippen molar-refractivity contribution < 1.29 is 9.90 Å². The quantitative estimate of drug-likeness (QED) is 0.199. The number of aliphatic hydroxyl groups excluding tert-OH is 1. The van der Waals surface area contributed by atoms with Crippen molar-refractivity contribution in [3.63, 3.8) is 0 Å². The molecule has 0 saturated carbocycles. The maximum atomic E-state index is 12.0. The van der Waals surface area contributed by atoms with Gasteiger partial charge in [0.15, 0.2) is 0 Å². The largest absolute Gasteiger partial charge is 0.391 e. The first kappa shape index (κ1) is 26.4. The Morgan fingerprint density at radius 2 is 1.37 bits per heavy atom. The monoisotopic (exact) mass is 415 g/mol. The molecule has 170 valence electrons. The highest BCUT2D eigenvalue weighted by Crippen LogP contribution is 2.14. The molecular weight excluding hydrogens is 370 g/mol. The van der Waals surface area contributed by atoms with Gasteiger partial charge in [0.05, 0.1) is 12.1 Å². The van der Waals surface area contributed by atoms with Gasteiger partial charge in [0.25, 0.3) is 0 Å². The Morgan fingerprint density at radius 1 is 0.867 bits per heavy atom. The zero-order valence-electron chi connectivity index (χ0n) is 19.5. The van der Waals surface area contributed by atoms with E-state index in [1.165, 1.54) is 83.1 Å². The average molecular weight is 416 g/mol. The SMILES string of the molecule is CCCCCCCCCCCCCCCC(O)C(C)NC(=O)/C=C/c1ccccc1. The lowest BCUT2D eigenvalue weighted by Gasteiger charge is -2.19. The Hall–Kier alpha value is -1.61. The van der Waals surface area contributed by atoms with Gasteiger partial charge < -0.3 is 10.4 Å². The van der Waals surface area contributed by atoms with E-state index in [1.807, 2.05) is 37.3 Å². The summed E-state index contributed by atoms with van der Waals surface area (Å²) in [6.45, 7) is 4.15. The third-order valence-corrected chi connectivity index (χ3v) is 5.78. The molecule has 0 aliphatic heterocycles. The zero-order chi connectivity index (χ0) is 21.9. The standard InChI is InChI=1S/C27H45NO2/c1-3-4-5-6-7-8-9-10-11-12-13-14-18-21-26(29)24(2)28-27(30)23-22-25-19-16-15-17-20-25/h15-17,19-20,22-24,26,29H,3-14,18,21H2,1-2H3,(H,28,30)/b23-22+. The zero-order valence-corrected chi connectivity index (χ0v) is 19.5. The van der Waals surface area contributed by atoms with E-state index in [0.29, 0.717) is 0 Å². The van der Waals surface area contributed by atoms with E-state index in [0.717, 1.165) is 18.4 Å². The Bertz CT molecular complexity index is 555. The molecule has 0 aromatic heterocycles. The van der Waals surface area contributed by atoms with Crippen molar-refractivity contribution in [2.75, 3.05) is 0 Å². The molecule has 0 fully saturated rings. The maximum Gasteiger partial charge on any atom is 0.244 e. The van der Waals surface area contributed by atoms with Gasteiger partial charge in [-0.15, -0.1) is 0 Å². The summed E-state index contributed by atoms with van der Waals surface area (Å²) in [7, 11) is 0. The van der Waals surface area contributed by atoms with E-state index >= 15 is 0 Å². The van der Waals surface area contributed by atoms with Gasteiger partial charge in [-0.25, -0.2) is 0 Å². The average Bonchev–Trinajstić information content (AvgIpc) is 2.76. The molecule has 3 heteroatoms. The molecule has 3 nitrogen and oxygen atoms in total. The molecule has 0 aliphatic rings. The van der Waals surface area contributed by atoms with Crippen LogP contribution in [0.2, 0.25) is 0 Å². The van der Waals surface area contributed by atoms with Crippen molar-refractivity contribution in [2.24, 2.45) is 0 Å². The smallest absolute Gasteiger partial charge is 0.244 e. The van der Waals surface area contributed by atoms with Crippen molar-refractivity contribution in [1.82, 2.24) is 5.32 Å². The number of nitrogens with one attached hydrogen (secondary N) is 1. The predicted octanol–water partition coefficient (Wildman–Crippen LogP) is 7.05. The van der Waals surface area contributed by atoms with Gasteiger partial charge in [-0.3, -0.25) is 4.79 Å². The van der Waals surface area contributed by atoms with E-state index in [9.17, 15) is 9.90 Å². The second kappa shape index (κ2) is 18.2. The molecule has 0 aliphatic carbocycles. The third kappa shape index (κ3) is 14.4. The van der Waals surface area contributed by atoms with Gasteiger partial charge in [0.1, 0.15) is 0 Å². The molecule has 0 radical (unpaired) electrons. The van der Waals surface area contributed by atoms with Crippen LogP contribution in [0.25, 0.3) is 6.08 Å². The second-order valence-corrected chi connectivity index (χ2v) is 8.64. The van der Waals surface area contributed by atoms with Gasteiger partial charge in [-0.05, 0) is 25.0 Å². The minimum Gasteiger partial charge on any atom is -0.391 e. The van der Waals surface area contributed by atoms with Crippen molar-refractivity contribution >= 4 is 12.0 Å². The molecule has 2 unspecified atom stereocenters. The van der Waals surface area contributed by atoms with Gasteiger partial charge in [0.2, 0.25) is 5.91 Å². The number of carbonyl (C=O) groups excluding carboxylic acids is 1. The van der Waals surface area contributed by atoms with Crippen molar-refractivity contribution in [3.05, 3.63) is 42.0 Å². The number of amides is 1. The number of benzene rings is 1. The number of rotatable bonds is 18. The highest BCUT2D eigenvalue weighted by Gasteiger charge is 2.14. The predicted molar refractivity (Wildman–Crippen MR) is 129 cm³/mol. The summed E-state index contributed by atoms with van der Waals surface area (Å²) in [5, 5.41) is 13.2. The summed E-state index contributed by atoms with van der Waals surface area (Å²) >= 11 is 0. The summed E-state index contributed by atoms with van der Waals surface area (Å²) in [5.74, 6) is -0.157. The lowest BCUT2D eigenvalue weighted by Crippen LogP contribution is -2.40. The van der Waals surface area contributed by atoms with Crippen LogP contribution in [0.5, 0.6) is 0 Å². The fourth-order valence-corrected chi connectivity index (χ4v) is 3.73. The highest BCUT2D eigenvalue weighted by molar-refractivity contribution is 5.91. The Balaban J connectivity index is 1.97. The van der Waals surface area contributed by atoms with Crippen LogP contribution in [0.3, 0.4) is 0 Å². The lowest BCUT2D eigenvalue weighted by atomic mass is 10.0.